The summed E-state index contributed by atoms with van der Waals surface area (Å²) in [7, 11) is 1.62. The number of ether oxygens (including phenoxy) is 1. The average Bonchev–Trinajstić information content (AvgIpc) is 2.72. The van der Waals surface area contributed by atoms with Gasteiger partial charge in [-0.15, -0.1) is 0 Å². The number of carbonyl (C=O) groups excluding carboxylic acids is 1. The highest BCUT2D eigenvalue weighted by atomic mass is 16.5. The Kier molecular flexibility index (Phi) is 5.53. The molecule has 0 radical (unpaired) electrons. The van der Waals surface area contributed by atoms with E-state index in [1.165, 1.54) is 0 Å². The Morgan fingerprint density at radius 3 is 2.37 bits per heavy atom. The van der Waals surface area contributed by atoms with Crippen LogP contribution in [0.1, 0.15) is 24.1 Å². The van der Waals surface area contributed by atoms with E-state index in [-0.39, 0.29) is 11.6 Å². The van der Waals surface area contributed by atoms with Gasteiger partial charge in [0.25, 0.3) is 5.91 Å². The number of rotatable bonds is 5. The van der Waals surface area contributed by atoms with Gasteiger partial charge < -0.3 is 10.1 Å². The van der Waals surface area contributed by atoms with Crippen molar-refractivity contribution in [3.63, 3.8) is 0 Å². The third-order valence-electron chi connectivity index (χ3n) is 4.45. The minimum Gasteiger partial charge on any atom is -0.496 e. The third-order valence-corrected chi connectivity index (χ3v) is 4.45. The highest BCUT2D eigenvalue weighted by molar-refractivity contribution is 6.04. The highest BCUT2D eigenvalue weighted by Gasteiger charge is 2.14. The van der Waals surface area contributed by atoms with Crippen LogP contribution < -0.4 is 10.1 Å². The van der Waals surface area contributed by atoms with Crippen molar-refractivity contribution < 1.29 is 9.53 Å². The van der Waals surface area contributed by atoms with Crippen molar-refractivity contribution in [3.8, 4) is 11.8 Å². The first-order valence-corrected chi connectivity index (χ1v) is 8.67. The third kappa shape index (κ3) is 3.99. The number of carbonyl (C=O) groups is 1. The fourth-order valence-corrected chi connectivity index (χ4v) is 3.00. The van der Waals surface area contributed by atoms with Gasteiger partial charge in [0.15, 0.2) is 0 Å². The maximum Gasteiger partial charge on any atom is 0.262 e. The normalized spacial score (nSPS) is 12.3. The molecule has 3 aromatic carbocycles. The highest BCUT2D eigenvalue weighted by Crippen LogP contribution is 2.29. The first-order valence-electron chi connectivity index (χ1n) is 8.67. The van der Waals surface area contributed by atoms with Crippen LogP contribution in [0.5, 0.6) is 5.75 Å². The second-order valence-corrected chi connectivity index (χ2v) is 6.18. The van der Waals surface area contributed by atoms with Crippen LogP contribution in [0, 0.1) is 11.3 Å². The summed E-state index contributed by atoms with van der Waals surface area (Å²) >= 11 is 0. The predicted molar refractivity (Wildman–Crippen MR) is 107 cm³/mol. The molecule has 0 fully saturated rings. The number of fused-ring (bicyclic) bond motifs is 1. The molecule has 0 bridgehead atoms. The SMILES string of the molecule is COc1ccc(/C=C(\C#N)C(=O)N[C@@H](C)c2ccccc2)c2ccccc12. The molecule has 1 N–H and O–H groups in total. The molecular formula is C23H20N2O2. The molecule has 1 atom stereocenters. The topological polar surface area (TPSA) is 62.1 Å². The number of benzene rings is 3. The number of hydrogen-bond donors (Lipinski definition) is 1. The van der Waals surface area contributed by atoms with Crippen molar-refractivity contribution in [3.05, 3.63) is 83.4 Å². The summed E-state index contributed by atoms with van der Waals surface area (Å²) < 4.78 is 5.40. The van der Waals surface area contributed by atoms with Crippen molar-refractivity contribution in [1.29, 1.82) is 5.26 Å². The van der Waals surface area contributed by atoms with Crippen molar-refractivity contribution >= 4 is 22.8 Å². The molecule has 1 amide bonds. The van der Waals surface area contributed by atoms with Gasteiger partial charge in [0, 0.05) is 5.39 Å². The molecule has 0 unspecified atom stereocenters. The number of hydrogen-bond acceptors (Lipinski definition) is 3. The summed E-state index contributed by atoms with van der Waals surface area (Å²) in [6.45, 7) is 1.89. The quantitative estimate of drug-likeness (QED) is 0.535. The largest absolute Gasteiger partial charge is 0.496 e. The van der Waals surface area contributed by atoms with Gasteiger partial charge in [-0.05, 0) is 35.6 Å². The minimum atomic E-state index is -0.395. The van der Waals surface area contributed by atoms with Crippen molar-refractivity contribution in [2.24, 2.45) is 0 Å². The Morgan fingerprint density at radius 2 is 1.70 bits per heavy atom. The van der Waals surface area contributed by atoms with E-state index in [0.29, 0.717) is 0 Å². The van der Waals surface area contributed by atoms with Crippen LogP contribution in [0.4, 0.5) is 0 Å². The molecule has 27 heavy (non-hydrogen) atoms. The smallest absolute Gasteiger partial charge is 0.262 e. The van der Waals surface area contributed by atoms with Crippen molar-refractivity contribution in [1.82, 2.24) is 5.32 Å². The van der Waals surface area contributed by atoms with Gasteiger partial charge in [-0.2, -0.15) is 5.26 Å². The average molecular weight is 356 g/mol. The molecule has 3 aromatic rings. The van der Waals surface area contributed by atoms with Gasteiger partial charge in [0.2, 0.25) is 0 Å². The molecule has 4 heteroatoms. The lowest BCUT2D eigenvalue weighted by Crippen LogP contribution is -2.27. The van der Waals surface area contributed by atoms with E-state index in [2.05, 4.69) is 5.32 Å². The summed E-state index contributed by atoms with van der Waals surface area (Å²) in [5.41, 5.74) is 1.84. The van der Waals surface area contributed by atoms with Gasteiger partial charge in [-0.3, -0.25) is 4.79 Å². The Morgan fingerprint density at radius 1 is 1.04 bits per heavy atom. The molecule has 0 saturated carbocycles. The lowest BCUT2D eigenvalue weighted by Gasteiger charge is -2.14. The van der Waals surface area contributed by atoms with E-state index < -0.39 is 5.91 Å². The van der Waals surface area contributed by atoms with E-state index in [1.807, 2.05) is 79.7 Å². The fraction of sp³-hybridized carbons (Fsp3) is 0.130. The maximum atomic E-state index is 12.6. The summed E-state index contributed by atoms with van der Waals surface area (Å²) in [6.07, 6.45) is 1.62. The van der Waals surface area contributed by atoms with E-state index >= 15 is 0 Å². The van der Waals surface area contributed by atoms with Gasteiger partial charge in [0.05, 0.1) is 13.2 Å². The molecule has 0 aromatic heterocycles. The second-order valence-electron chi connectivity index (χ2n) is 6.18. The summed E-state index contributed by atoms with van der Waals surface area (Å²) in [5.74, 6) is 0.358. The lowest BCUT2D eigenvalue weighted by molar-refractivity contribution is -0.117. The minimum absolute atomic E-state index is 0.0631. The molecule has 0 spiro atoms. The number of methoxy groups -OCH3 is 1. The standard InChI is InChI=1S/C23H20N2O2/c1-16(17-8-4-3-5-9-17)25-23(26)19(15-24)14-18-12-13-22(27-2)21-11-7-6-10-20(18)21/h3-14,16H,1-2H3,(H,25,26)/b19-14+/t16-/m0/s1. The number of nitriles is 1. The van der Waals surface area contributed by atoms with Crippen molar-refractivity contribution in [2.45, 2.75) is 13.0 Å². The van der Waals surface area contributed by atoms with Gasteiger partial charge in [-0.1, -0.05) is 60.7 Å². The zero-order valence-electron chi connectivity index (χ0n) is 15.3. The monoisotopic (exact) mass is 356 g/mol. The van der Waals surface area contributed by atoms with E-state index in [4.69, 9.17) is 4.74 Å². The van der Waals surface area contributed by atoms with Crippen LogP contribution >= 0.6 is 0 Å². The molecule has 0 aliphatic rings. The molecule has 0 heterocycles. The van der Waals surface area contributed by atoms with Crippen molar-refractivity contribution in [2.75, 3.05) is 7.11 Å². The first kappa shape index (κ1) is 18.2. The van der Waals surface area contributed by atoms with Crippen LogP contribution in [0.15, 0.2) is 72.3 Å². The summed E-state index contributed by atoms with van der Waals surface area (Å²) in [5, 5.41) is 14.3. The lowest BCUT2D eigenvalue weighted by atomic mass is 10.0. The Labute approximate surface area is 158 Å². The molecule has 0 saturated heterocycles. The zero-order valence-corrected chi connectivity index (χ0v) is 15.3. The molecule has 0 aliphatic heterocycles. The Balaban J connectivity index is 1.92. The zero-order chi connectivity index (χ0) is 19.2. The van der Waals surface area contributed by atoms with Gasteiger partial charge in [0.1, 0.15) is 17.4 Å². The Hall–Kier alpha value is -3.58. The maximum absolute atomic E-state index is 12.6. The molecule has 134 valence electrons. The number of nitrogens with zero attached hydrogens (tertiary/aromatic N) is 1. The summed E-state index contributed by atoms with van der Waals surface area (Å²) in [4.78, 5) is 12.6. The first-order chi connectivity index (χ1) is 13.1. The molecule has 3 rings (SSSR count). The van der Waals surface area contributed by atoms with Gasteiger partial charge >= 0.3 is 0 Å². The fourth-order valence-electron chi connectivity index (χ4n) is 3.00. The number of nitrogens with one attached hydrogen (secondary N) is 1. The van der Waals surface area contributed by atoms with E-state index in [9.17, 15) is 10.1 Å². The van der Waals surface area contributed by atoms with E-state index in [1.54, 1.807) is 13.2 Å². The predicted octanol–water partition coefficient (Wildman–Crippen LogP) is 4.63. The van der Waals surface area contributed by atoms with Crippen LogP contribution in [-0.4, -0.2) is 13.0 Å². The van der Waals surface area contributed by atoms with E-state index in [0.717, 1.165) is 27.6 Å². The Bertz CT molecular complexity index is 1030. The molecule has 0 aliphatic carbocycles. The number of amides is 1. The molecular weight excluding hydrogens is 336 g/mol. The van der Waals surface area contributed by atoms with Gasteiger partial charge in [-0.25, -0.2) is 0 Å². The molecule has 4 nitrogen and oxygen atoms in total. The van der Waals surface area contributed by atoms with Crippen LogP contribution in [0.2, 0.25) is 0 Å². The van der Waals surface area contributed by atoms with Crippen LogP contribution in [0.25, 0.3) is 16.8 Å². The van der Waals surface area contributed by atoms with Crippen LogP contribution in [0.3, 0.4) is 0 Å². The second kappa shape index (κ2) is 8.20. The van der Waals surface area contributed by atoms with Crippen LogP contribution in [-0.2, 0) is 4.79 Å². The summed E-state index contributed by atoms with van der Waals surface area (Å²) in [6, 6.07) is 22.9.